The summed E-state index contributed by atoms with van der Waals surface area (Å²) in [6.07, 6.45) is 1.89. The zero-order chi connectivity index (χ0) is 16.6. The minimum absolute atomic E-state index is 0.651. The minimum atomic E-state index is 0.651. The fraction of sp³-hybridized carbons (Fsp3) is 0.389. The van der Waals surface area contributed by atoms with Gasteiger partial charge in [0.25, 0.3) is 5.78 Å². The Labute approximate surface area is 136 Å². The molecule has 2 aromatic heterocycles. The summed E-state index contributed by atoms with van der Waals surface area (Å²) in [6, 6.07) is 6.38. The standard InChI is InChI=1S/C18H23N5/c1-6-7-15-20-18-19-14(5)10-16(23(18)22-15)21-17-12(3)8-11(2)9-13(17)4/h8-10,21H,6-7H2,1-5H3. The summed E-state index contributed by atoms with van der Waals surface area (Å²) in [5.74, 6) is 2.39. The van der Waals surface area contributed by atoms with Crippen LogP contribution >= 0.6 is 0 Å². The Kier molecular flexibility index (Phi) is 4.03. The highest BCUT2D eigenvalue weighted by Gasteiger charge is 2.12. The molecule has 1 N–H and O–H groups in total. The van der Waals surface area contributed by atoms with Crippen LogP contribution in [0.3, 0.4) is 0 Å². The molecule has 0 radical (unpaired) electrons. The second kappa shape index (κ2) is 5.99. The van der Waals surface area contributed by atoms with Gasteiger partial charge in [-0.15, -0.1) is 5.10 Å². The molecule has 3 aromatic rings. The quantitative estimate of drug-likeness (QED) is 0.790. The van der Waals surface area contributed by atoms with Gasteiger partial charge in [-0.25, -0.2) is 4.98 Å². The molecule has 0 bridgehead atoms. The van der Waals surface area contributed by atoms with E-state index in [1.165, 1.54) is 16.7 Å². The van der Waals surface area contributed by atoms with E-state index in [4.69, 9.17) is 0 Å². The van der Waals surface area contributed by atoms with Crippen LogP contribution in [-0.2, 0) is 6.42 Å². The van der Waals surface area contributed by atoms with Gasteiger partial charge in [0.15, 0.2) is 5.82 Å². The molecule has 120 valence electrons. The van der Waals surface area contributed by atoms with E-state index in [0.29, 0.717) is 5.78 Å². The number of hydrogen-bond acceptors (Lipinski definition) is 4. The maximum Gasteiger partial charge on any atom is 0.254 e. The molecule has 1 aromatic carbocycles. The van der Waals surface area contributed by atoms with E-state index in [1.54, 1.807) is 4.52 Å². The van der Waals surface area contributed by atoms with Gasteiger partial charge in [0.1, 0.15) is 5.82 Å². The zero-order valence-electron chi connectivity index (χ0n) is 14.4. The molecule has 0 spiro atoms. The van der Waals surface area contributed by atoms with Crippen LogP contribution in [0.1, 0.15) is 41.6 Å². The topological polar surface area (TPSA) is 55.1 Å². The van der Waals surface area contributed by atoms with Gasteiger partial charge in [-0.3, -0.25) is 0 Å². The number of nitrogens with one attached hydrogen (secondary N) is 1. The lowest BCUT2D eigenvalue weighted by atomic mass is 10.1. The molecule has 0 aliphatic rings. The monoisotopic (exact) mass is 309 g/mol. The van der Waals surface area contributed by atoms with E-state index in [0.717, 1.165) is 35.9 Å². The molecule has 0 saturated heterocycles. The predicted octanol–water partition coefficient (Wildman–Crippen LogP) is 4.05. The average Bonchev–Trinajstić information content (AvgIpc) is 2.85. The van der Waals surface area contributed by atoms with Crippen LogP contribution in [0.15, 0.2) is 18.2 Å². The first-order chi connectivity index (χ1) is 11.0. The largest absolute Gasteiger partial charge is 0.340 e. The van der Waals surface area contributed by atoms with Crippen LogP contribution in [0.5, 0.6) is 0 Å². The Morgan fingerprint density at radius 2 is 1.70 bits per heavy atom. The smallest absolute Gasteiger partial charge is 0.254 e. The first-order valence-corrected chi connectivity index (χ1v) is 8.06. The molecule has 5 heteroatoms. The van der Waals surface area contributed by atoms with Crippen molar-refractivity contribution in [1.29, 1.82) is 0 Å². The van der Waals surface area contributed by atoms with E-state index in [9.17, 15) is 0 Å². The Morgan fingerprint density at radius 1 is 1.00 bits per heavy atom. The molecule has 5 nitrogen and oxygen atoms in total. The first kappa shape index (κ1) is 15.5. The molecule has 3 rings (SSSR count). The minimum Gasteiger partial charge on any atom is -0.340 e. The number of aryl methyl sites for hydroxylation is 5. The molecule has 0 unspecified atom stereocenters. The van der Waals surface area contributed by atoms with Crippen molar-refractivity contribution in [3.8, 4) is 0 Å². The molecule has 0 saturated carbocycles. The summed E-state index contributed by atoms with van der Waals surface area (Å²) in [6.45, 7) is 10.5. The summed E-state index contributed by atoms with van der Waals surface area (Å²) in [7, 11) is 0. The van der Waals surface area contributed by atoms with Crippen LogP contribution in [0, 0.1) is 27.7 Å². The zero-order valence-corrected chi connectivity index (χ0v) is 14.4. The third-order valence-corrected chi connectivity index (χ3v) is 3.89. The predicted molar refractivity (Wildman–Crippen MR) is 93.4 cm³/mol. The van der Waals surface area contributed by atoms with Gasteiger partial charge >= 0.3 is 0 Å². The number of fused-ring (bicyclic) bond motifs is 1. The van der Waals surface area contributed by atoms with Gasteiger partial charge in [-0.2, -0.15) is 9.50 Å². The van der Waals surface area contributed by atoms with Crippen molar-refractivity contribution in [3.63, 3.8) is 0 Å². The van der Waals surface area contributed by atoms with Crippen molar-refractivity contribution in [1.82, 2.24) is 19.6 Å². The molecule has 0 atom stereocenters. The summed E-state index contributed by atoms with van der Waals surface area (Å²) in [5.41, 5.74) is 5.76. The van der Waals surface area contributed by atoms with Crippen molar-refractivity contribution in [3.05, 3.63) is 46.4 Å². The van der Waals surface area contributed by atoms with E-state index >= 15 is 0 Å². The van der Waals surface area contributed by atoms with Crippen LogP contribution < -0.4 is 5.32 Å². The molecule has 0 aliphatic heterocycles. The van der Waals surface area contributed by atoms with Gasteiger partial charge in [0.05, 0.1) is 0 Å². The molecule has 0 fully saturated rings. The SMILES string of the molecule is CCCc1nc2nc(C)cc(Nc3c(C)cc(C)cc3C)n2n1. The number of anilines is 2. The van der Waals surface area contributed by atoms with E-state index < -0.39 is 0 Å². The number of aromatic nitrogens is 4. The highest BCUT2D eigenvalue weighted by Crippen LogP contribution is 2.26. The third kappa shape index (κ3) is 3.04. The first-order valence-electron chi connectivity index (χ1n) is 8.06. The maximum atomic E-state index is 4.60. The fourth-order valence-electron chi connectivity index (χ4n) is 2.95. The average molecular weight is 309 g/mol. The van der Waals surface area contributed by atoms with Gasteiger partial charge in [-0.05, 0) is 45.2 Å². The van der Waals surface area contributed by atoms with Gasteiger partial charge < -0.3 is 5.32 Å². The molecule has 23 heavy (non-hydrogen) atoms. The van der Waals surface area contributed by atoms with Crippen LogP contribution in [0.25, 0.3) is 5.78 Å². The summed E-state index contributed by atoms with van der Waals surface area (Å²) < 4.78 is 1.80. The van der Waals surface area contributed by atoms with Crippen molar-refractivity contribution in [2.45, 2.75) is 47.5 Å². The van der Waals surface area contributed by atoms with Crippen LogP contribution in [-0.4, -0.2) is 19.6 Å². The Hall–Kier alpha value is -2.43. The molecule has 0 aliphatic carbocycles. The Morgan fingerprint density at radius 3 is 2.35 bits per heavy atom. The van der Waals surface area contributed by atoms with Crippen molar-refractivity contribution < 1.29 is 0 Å². The highest BCUT2D eigenvalue weighted by atomic mass is 15.4. The molecule has 0 amide bonds. The van der Waals surface area contributed by atoms with Gasteiger partial charge in [0.2, 0.25) is 0 Å². The summed E-state index contributed by atoms with van der Waals surface area (Å²) >= 11 is 0. The number of nitrogens with zero attached hydrogens (tertiary/aromatic N) is 4. The van der Waals surface area contributed by atoms with Crippen molar-refractivity contribution in [2.24, 2.45) is 0 Å². The second-order valence-electron chi connectivity index (χ2n) is 6.17. The maximum absolute atomic E-state index is 4.60. The lowest BCUT2D eigenvalue weighted by Gasteiger charge is -2.14. The molecular weight excluding hydrogens is 286 g/mol. The highest BCUT2D eigenvalue weighted by molar-refractivity contribution is 5.66. The van der Waals surface area contributed by atoms with E-state index in [1.807, 2.05) is 13.0 Å². The van der Waals surface area contributed by atoms with Crippen molar-refractivity contribution in [2.75, 3.05) is 5.32 Å². The van der Waals surface area contributed by atoms with Gasteiger partial charge in [-0.1, -0.05) is 24.6 Å². The fourth-order valence-corrected chi connectivity index (χ4v) is 2.95. The second-order valence-corrected chi connectivity index (χ2v) is 6.17. The number of benzene rings is 1. The number of hydrogen-bond donors (Lipinski definition) is 1. The van der Waals surface area contributed by atoms with E-state index in [2.05, 4.69) is 60.2 Å². The van der Waals surface area contributed by atoms with E-state index in [-0.39, 0.29) is 0 Å². The molecular formula is C18H23N5. The molecule has 2 heterocycles. The lowest BCUT2D eigenvalue weighted by Crippen LogP contribution is -2.05. The number of rotatable bonds is 4. The summed E-state index contributed by atoms with van der Waals surface area (Å²) in [4.78, 5) is 9.01. The normalized spacial score (nSPS) is 11.2. The Bertz CT molecular complexity index is 840. The Balaban J connectivity index is 2.09. The van der Waals surface area contributed by atoms with Crippen molar-refractivity contribution >= 4 is 17.3 Å². The third-order valence-electron chi connectivity index (χ3n) is 3.89. The lowest BCUT2D eigenvalue weighted by molar-refractivity contribution is 0.819. The van der Waals surface area contributed by atoms with Gasteiger partial charge in [0, 0.05) is 23.9 Å². The summed E-state index contributed by atoms with van der Waals surface area (Å²) in [5, 5.41) is 8.12. The van der Waals surface area contributed by atoms with Crippen LogP contribution in [0.4, 0.5) is 11.5 Å². The van der Waals surface area contributed by atoms with Crippen LogP contribution in [0.2, 0.25) is 0 Å².